The number of nitrogens with zero attached hydrogens (tertiary/aromatic N) is 12. The minimum atomic E-state index is -0.941. The maximum atomic E-state index is 13.2. The number of aliphatic hydroxyl groups is 4. The average Bonchev–Trinajstić information content (AvgIpc) is 1.79. The standard InChI is InChI=1S/C21H23N9O2S2.C20H22N6O4S2.C19H20N6O4S2/c1-12-15(20(32)30-8-4-13-10-23-11-25-17(13)30)33-21(26-12)27-19-14(18(31)28-34-19)16(22)24-5-9-29-6-2-3-7-29;1-9(8-27)22-16(21)14-17(29)25-32-18(14)24-20-23-10(2)15(31-20)19(30)26-12-6-4-3-5-11(12)7-13(26)28;1-9(8-26)22-15(20)14-16(28)24-31-17(14)23-19-21-7-12(30-19)18(29)25-11-5-3-2-4-10(11)6-13(25)27/h4,8,10-11H,2-3,5-7,9H2,1H3,(H2,22,24)(H,26,27)(H,28,31);3-6,9,13,27-28H,7-8H2,1-2H3,(H2,21,22)(H,23,24)(H,25,29);2-5,7,9,13,26-27H,6,8H2,1H3,(H2,20,22)(H,21,23)(H,24,28). The van der Waals surface area contributed by atoms with Crippen LogP contribution in [-0.4, -0.2) is 167 Å². The first-order valence-corrected chi connectivity index (χ1v) is 34.9. The summed E-state index contributed by atoms with van der Waals surface area (Å²) in [7, 11) is 0. The van der Waals surface area contributed by atoms with Crippen molar-refractivity contribution in [3.05, 3.63) is 164 Å². The van der Waals surface area contributed by atoms with Crippen LogP contribution < -0.4 is 59.6 Å². The molecule has 2 amide bonds. The van der Waals surface area contributed by atoms with Crippen molar-refractivity contribution in [2.45, 2.75) is 77.9 Å². The number of carbonyl (C=O) groups is 3. The number of aromatic nitrogens is 9. The Balaban J connectivity index is 0.000000148. The lowest BCUT2D eigenvalue weighted by Crippen LogP contribution is -2.37. The summed E-state index contributed by atoms with van der Waals surface area (Å²) in [5.74, 6) is -0.752. The van der Waals surface area contributed by atoms with E-state index in [0.29, 0.717) is 98.4 Å². The number of carbonyl (C=O) groups excluding carboxylic acids is 3. The van der Waals surface area contributed by atoms with E-state index in [2.05, 4.69) is 73.9 Å². The van der Waals surface area contributed by atoms with Crippen LogP contribution in [0.5, 0.6) is 0 Å². The number of hydrogen-bond acceptors (Lipinski definition) is 28. The Hall–Kier alpha value is -9.54. The van der Waals surface area contributed by atoms with Gasteiger partial charge in [-0.2, -0.15) is 0 Å². The van der Waals surface area contributed by atoms with E-state index in [1.165, 1.54) is 51.1 Å². The van der Waals surface area contributed by atoms with Crippen molar-refractivity contribution in [2.75, 3.05) is 65.1 Å². The molecule has 3 aliphatic heterocycles. The van der Waals surface area contributed by atoms with Gasteiger partial charge >= 0.3 is 0 Å². The number of H-pyrrole nitrogens is 3. The Kier molecular flexibility index (Phi) is 21.5. The van der Waals surface area contributed by atoms with Crippen molar-refractivity contribution in [1.29, 1.82) is 0 Å². The third kappa shape index (κ3) is 15.2. The minimum Gasteiger partial charge on any atom is -0.394 e. The van der Waals surface area contributed by atoms with Crippen molar-refractivity contribution in [3.8, 4) is 0 Å². The molecular weight excluding hydrogens is 1370 g/mol. The van der Waals surface area contributed by atoms with Crippen LogP contribution in [-0.2, 0) is 12.8 Å². The zero-order valence-electron chi connectivity index (χ0n) is 52.2. The normalized spacial score (nSPS) is 16.1. The van der Waals surface area contributed by atoms with Crippen LogP contribution in [0.1, 0.15) is 94.9 Å². The molecule has 16 N–H and O–H groups in total. The van der Waals surface area contributed by atoms with Crippen molar-refractivity contribution >= 4 is 157 Å². The molecule has 13 rings (SSSR count). The van der Waals surface area contributed by atoms with Gasteiger partial charge in [0.15, 0.2) is 15.4 Å². The number of thiazole rings is 3. The highest BCUT2D eigenvalue weighted by Gasteiger charge is 2.36. The van der Waals surface area contributed by atoms with Gasteiger partial charge in [-0.25, -0.2) is 24.9 Å². The van der Waals surface area contributed by atoms with E-state index in [1.54, 1.807) is 58.3 Å². The van der Waals surface area contributed by atoms with E-state index >= 15 is 0 Å². The predicted octanol–water partition coefficient (Wildman–Crippen LogP) is 4.98. The van der Waals surface area contributed by atoms with E-state index in [9.17, 15) is 44.1 Å². The molecule has 4 atom stereocenters. The van der Waals surface area contributed by atoms with Gasteiger partial charge in [-0.3, -0.25) is 71.2 Å². The number of rotatable bonds is 19. The lowest BCUT2D eigenvalue weighted by molar-refractivity contribution is 0.0897. The fourth-order valence-electron chi connectivity index (χ4n) is 10.6. The highest BCUT2D eigenvalue weighted by molar-refractivity contribution is 7.19. The van der Waals surface area contributed by atoms with Crippen molar-refractivity contribution in [2.24, 2.45) is 32.2 Å². The molecule has 31 nitrogen and oxygen atoms in total. The van der Waals surface area contributed by atoms with E-state index in [1.807, 2.05) is 36.4 Å². The van der Waals surface area contributed by atoms with Gasteiger partial charge in [0.05, 0.1) is 60.8 Å². The Bertz CT molecular complexity index is 4810. The molecule has 8 aromatic heterocycles. The molecule has 97 heavy (non-hydrogen) atoms. The molecule has 11 heterocycles. The van der Waals surface area contributed by atoms with Gasteiger partial charge in [0, 0.05) is 37.2 Å². The van der Waals surface area contributed by atoms with Gasteiger partial charge < -0.3 is 58.5 Å². The fraction of sp³-hybridized carbons (Fsp3) is 0.300. The van der Waals surface area contributed by atoms with Crippen LogP contribution in [0.3, 0.4) is 0 Å². The third-order valence-corrected chi connectivity index (χ3v) is 20.7. The van der Waals surface area contributed by atoms with Crippen LogP contribution >= 0.6 is 68.6 Å². The van der Waals surface area contributed by atoms with E-state index in [-0.39, 0.29) is 65.1 Å². The molecular formula is C60H65N21O10S6. The molecule has 0 spiro atoms. The zero-order chi connectivity index (χ0) is 68.8. The predicted molar refractivity (Wildman–Crippen MR) is 379 cm³/mol. The van der Waals surface area contributed by atoms with Gasteiger partial charge in [0.25, 0.3) is 34.4 Å². The maximum Gasteiger partial charge on any atom is 0.275 e. The summed E-state index contributed by atoms with van der Waals surface area (Å²) in [6.07, 6.45) is 7.45. The number of para-hydroxylation sites is 2. The van der Waals surface area contributed by atoms with Gasteiger partial charge in [0.2, 0.25) is 0 Å². The van der Waals surface area contributed by atoms with E-state index in [0.717, 1.165) is 93.4 Å². The summed E-state index contributed by atoms with van der Waals surface area (Å²) < 4.78 is 9.37. The summed E-state index contributed by atoms with van der Waals surface area (Å²) in [6.45, 7) is 9.94. The molecule has 4 unspecified atom stereocenters. The molecule has 1 saturated heterocycles. The topological polar surface area (TPSA) is 461 Å². The number of hydrogen-bond donors (Lipinski definition) is 13. The number of amidine groups is 3. The third-order valence-electron chi connectivity index (χ3n) is 15.3. The van der Waals surface area contributed by atoms with E-state index < -0.39 is 35.7 Å². The quantitative estimate of drug-likeness (QED) is 0.0375. The second kappa shape index (κ2) is 30.3. The molecule has 0 bridgehead atoms. The molecule has 0 saturated carbocycles. The molecule has 0 radical (unpaired) electrons. The maximum absolute atomic E-state index is 13.2. The van der Waals surface area contributed by atoms with Gasteiger partial charge in [-0.05, 0) is 118 Å². The fourth-order valence-corrected chi connectivity index (χ4v) is 15.6. The van der Waals surface area contributed by atoms with Gasteiger partial charge in [0.1, 0.15) is 88.3 Å². The first-order valence-electron chi connectivity index (χ1n) is 30.0. The number of benzene rings is 2. The molecule has 37 heteroatoms. The summed E-state index contributed by atoms with van der Waals surface area (Å²) in [5.41, 5.74) is 22.3. The highest BCUT2D eigenvalue weighted by Crippen LogP contribution is 2.38. The number of aryl methyl sites for hydroxylation is 2. The number of aliphatic hydroxyl groups excluding tert-OH is 4. The molecule has 3 aliphatic rings. The number of amides is 2. The second-order valence-electron chi connectivity index (χ2n) is 22.2. The minimum absolute atomic E-state index is 0.00192. The van der Waals surface area contributed by atoms with Crippen LogP contribution in [0.4, 0.5) is 41.8 Å². The van der Waals surface area contributed by atoms with Crippen LogP contribution in [0.25, 0.3) is 11.0 Å². The number of nitrogens with one attached hydrogen (secondary N) is 6. The summed E-state index contributed by atoms with van der Waals surface area (Å²) >= 11 is 6.60. The van der Waals surface area contributed by atoms with Crippen LogP contribution in [0.2, 0.25) is 0 Å². The first-order chi connectivity index (χ1) is 46.7. The Morgan fingerprint density at radius 3 is 1.65 bits per heavy atom. The number of fused-ring (bicyclic) bond motifs is 3. The number of aliphatic imine (C=N–C) groups is 3. The smallest absolute Gasteiger partial charge is 0.275 e. The summed E-state index contributed by atoms with van der Waals surface area (Å²) in [6, 6.07) is 15.6. The van der Waals surface area contributed by atoms with E-state index in [4.69, 9.17) is 22.3 Å². The lowest BCUT2D eigenvalue weighted by atomic mass is 10.2. The largest absolute Gasteiger partial charge is 0.394 e. The lowest BCUT2D eigenvalue weighted by Gasteiger charge is -2.20. The summed E-state index contributed by atoms with van der Waals surface area (Å²) in [4.78, 5) is 116. The first kappa shape index (κ1) is 68.8. The number of aromatic amines is 3. The molecule has 2 aromatic carbocycles. The van der Waals surface area contributed by atoms with Crippen LogP contribution in [0, 0.1) is 13.8 Å². The van der Waals surface area contributed by atoms with Gasteiger partial charge in [-0.15, -0.1) is 0 Å². The second-order valence-corrected chi connectivity index (χ2v) is 27.6. The summed E-state index contributed by atoms with van der Waals surface area (Å²) in [5, 5.41) is 51.7. The molecule has 1 fully saturated rings. The monoisotopic (exact) mass is 1430 g/mol. The van der Waals surface area contributed by atoms with Crippen molar-refractivity contribution < 1.29 is 34.8 Å². The zero-order valence-corrected chi connectivity index (χ0v) is 57.1. The Morgan fingerprint density at radius 2 is 1.12 bits per heavy atom. The van der Waals surface area contributed by atoms with Crippen molar-refractivity contribution in [3.63, 3.8) is 0 Å². The van der Waals surface area contributed by atoms with Crippen molar-refractivity contribution in [1.82, 2.24) is 47.5 Å². The van der Waals surface area contributed by atoms with Crippen LogP contribution in [0.15, 0.2) is 109 Å². The Labute approximate surface area is 575 Å². The molecule has 0 aliphatic carbocycles. The highest BCUT2D eigenvalue weighted by atomic mass is 32.1. The average molecular weight is 1430 g/mol. The SMILES string of the molecule is CC(CO)N=C(N)c1c(Nc2ncc(C(=O)N3c4ccccc4CC3O)s2)s[nH]c1=O.Cc1nc(Nc2s[nH]c(=O)c2C(N)=NC(C)CO)sc1C(=O)N1c2ccccc2CC1O.Cc1nc(Nc2s[nH]c(=O)c2C(N)=NCCN2CCCC2)sc1C(=O)n1ccc2cncnc21. The Morgan fingerprint density at radius 1 is 0.639 bits per heavy atom. The number of likely N-dealkylation sites (tertiary alicyclic amines) is 1. The molecule has 506 valence electrons. The number of anilines is 8. The van der Waals surface area contributed by atoms with Gasteiger partial charge in [-0.1, -0.05) is 70.4 Å². The number of nitrogens with two attached hydrogens (primary N) is 3. The molecule has 10 aromatic rings.